The largest absolute Gasteiger partial charge is 0.492 e. The lowest BCUT2D eigenvalue weighted by Crippen LogP contribution is -1.99. The Morgan fingerprint density at radius 2 is 2.00 bits per heavy atom. The van der Waals surface area contributed by atoms with Gasteiger partial charge in [-0.2, -0.15) is 0 Å². The summed E-state index contributed by atoms with van der Waals surface area (Å²) in [5.74, 6) is 0.455. The number of halogens is 3. The van der Waals surface area contributed by atoms with E-state index in [0.717, 1.165) is 6.42 Å². The van der Waals surface area contributed by atoms with E-state index in [1.54, 1.807) is 0 Å². The average molecular weight is 268 g/mol. The Bertz CT molecular complexity index is 393. The average Bonchev–Trinajstić information content (AvgIpc) is 2.37. The first-order chi connectivity index (χ1) is 7.11. The van der Waals surface area contributed by atoms with Gasteiger partial charge in [-0.1, -0.05) is 34.8 Å². The van der Waals surface area contributed by atoms with Crippen molar-refractivity contribution in [2.45, 2.75) is 18.9 Å². The normalized spacial score (nSPS) is 20.4. The van der Waals surface area contributed by atoms with Gasteiger partial charge in [0.15, 0.2) is 0 Å². The van der Waals surface area contributed by atoms with Crippen LogP contribution in [0.1, 0.15) is 24.5 Å². The third kappa shape index (κ3) is 2.04. The molecule has 1 aliphatic heterocycles. The van der Waals surface area contributed by atoms with Gasteiger partial charge >= 0.3 is 0 Å². The van der Waals surface area contributed by atoms with E-state index >= 15 is 0 Å². The zero-order valence-corrected chi connectivity index (χ0v) is 10.0. The molecule has 2 nitrogen and oxygen atoms in total. The summed E-state index contributed by atoms with van der Waals surface area (Å²) < 4.78 is 5.45. The van der Waals surface area contributed by atoms with E-state index in [1.807, 2.05) is 0 Å². The van der Waals surface area contributed by atoms with Gasteiger partial charge in [0.2, 0.25) is 0 Å². The van der Waals surface area contributed by atoms with Crippen LogP contribution in [0.4, 0.5) is 0 Å². The molecule has 0 radical (unpaired) electrons. The molecule has 1 aromatic rings. The van der Waals surface area contributed by atoms with Gasteiger partial charge in [0.1, 0.15) is 5.75 Å². The summed E-state index contributed by atoms with van der Waals surface area (Å²) in [6.45, 7) is 0.530. The van der Waals surface area contributed by atoms with E-state index in [-0.39, 0.29) is 0 Å². The third-order valence-corrected chi connectivity index (χ3v) is 3.45. The van der Waals surface area contributed by atoms with E-state index in [9.17, 15) is 5.11 Å². The molecule has 1 aromatic carbocycles. The van der Waals surface area contributed by atoms with Gasteiger partial charge in [0.05, 0.1) is 27.8 Å². The fraction of sp³-hybridized carbons (Fsp3) is 0.400. The highest BCUT2D eigenvalue weighted by atomic mass is 35.5. The van der Waals surface area contributed by atoms with Crippen molar-refractivity contribution in [1.82, 2.24) is 0 Å². The van der Waals surface area contributed by atoms with E-state index in [0.29, 0.717) is 39.4 Å². The zero-order valence-electron chi connectivity index (χ0n) is 7.77. The van der Waals surface area contributed by atoms with Crippen LogP contribution in [0.3, 0.4) is 0 Å². The Labute approximate surface area is 103 Å². The zero-order chi connectivity index (χ0) is 11.0. The fourth-order valence-corrected chi connectivity index (χ4v) is 2.44. The summed E-state index contributed by atoms with van der Waals surface area (Å²) in [6.07, 6.45) is 0.704. The highest BCUT2D eigenvalue weighted by molar-refractivity contribution is 6.44. The van der Waals surface area contributed by atoms with Crippen LogP contribution >= 0.6 is 34.8 Å². The number of fused-ring (bicyclic) bond motifs is 1. The lowest BCUT2D eigenvalue weighted by atomic mass is 10.1. The van der Waals surface area contributed by atoms with E-state index in [1.165, 1.54) is 6.07 Å². The molecule has 1 heterocycles. The van der Waals surface area contributed by atoms with Crippen molar-refractivity contribution in [1.29, 1.82) is 0 Å². The highest BCUT2D eigenvalue weighted by Gasteiger charge is 2.24. The number of benzene rings is 1. The first-order valence-corrected chi connectivity index (χ1v) is 5.73. The summed E-state index contributed by atoms with van der Waals surface area (Å²) in [4.78, 5) is 0. The number of hydrogen-bond acceptors (Lipinski definition) is 2. The highest BCUT2D eigenvalue weighted by Crippen LogP contribution is 2.44. The number of hydrogen-bond donors (Lipinski definition) is 1. The van der Waals surface area contributed by atoms with Crippen molar-refractivity contribution in [2.75, 3.05) is 6.61 Å². The molecule has 1 N–H and O–H groups in total. The molecule has 0 aromatic heterocycles. The van der Waals surface area contributed by atoms with Crippen LogP contribution in [0.2, 0.25) is 15.1 Å². The van der Waals surface area contributed by atoms with Crippen LogP contribution in [0, 0.1) is 0 Å². The van der Waals surface area contributed by atoms with Crippen LogP contribution in [0.25, 0.3) is 0 Å². The second kappa shape index (κ2) is 4.38. The van der Waals surface area contributed by atoms with Gasteiger partial charge in [-0.15, -0.1) is 0 Å². The number of aliphatic hydroxyl groups excluding tert-OH is 1. The second-order valence-corrected chi connectivity index (χ2v) is 4.60. The maximum Gasteiger partial charge on any atom is 0.145 e. The van der Waals surface area contributed by atoms with Crippen LogP contribution < -0.4 is 4.74 Å². The van der Waals surface area contributed by atoms with Crippen molar-refractivity contribution < 1.29 is 9.84 Å². The van der Waals surface area contributed by atoms with Gasteiger partial charge in [-0.25, -0.2) is 0 Å². The van der Waals surface area contributed by atoms with Crippen LogP contribution in [0.5, 0.6) is 5.75 Å². The summed E-state index contributed by atoms with van der Waals surface area (Å²) in [6, 6.07) is 1.53. The molecule has 1 aliphatic rings. The lowest BCUT2D eigenvalue weighted by molar-refractivity contribution is 0.167. The third-order valence-electron chi connectivity index (χ3n) is 2.36. The summed E-state index contributed by atoms with van der Waals surface area (Å²) in [5, 5.41) is 10.9. The van der Waals surface area contributed by atoms with Crippen molar-refractivity contribution in [3.63, 3.8) is 0 Å². The molecular formula is C10H9Cl3O2. The maximum absolute atomic E-state index is 9.89. The monoisotopic (exact) mass is 266 g/mol. The molecule has 5 heteroatoms. The molecule has 0 saturated carbocycles. The summed E-state index contributed by atoms with van der Waals surface area (Å²) in [7, 11) is 0. The molecule has 0 fully saturated rings. The number of rotatable bonds is 0. The molecule has 0 unspecified atom stereocenters. The predicted octanol–water partition coefficient (Wildman–Crippen LogP) is 3.85. The van der Waals surface area contributed by atoms with Crippen molar-refractivity contribution in [3.05, 3.63) is 26.7 Å². The Morgan fingerprint density at radius 1 is 1.27 bits per heavy atom. The van der Waals surface area contributed by atoms with Crippen molar-refractivity contribution in [2.24, 2.45) is 0 Å². The molecule has 2 rings (SSSR count). The van der Waals surface area contributed by atoms with Gasteiger partial charge in [0, 0.05) is 5.56 Å². The van der Waals surface area contributed by atoms with E-state index in [4.69, 9.17) is 39.5 Å². The van der Waals surface area contributed by atoms with E-state index in [2.05, 4.69) is 0 Å². The Kier molecular flexibility index (Phi) is 3.31. The van der Waals surface area contributed by atoms with Gasteiger partial charge in [0.25, 0.3) is 0 Å². The Hall–Kier alpha value is -0.150. The topological polar surface area (TPSA) is 29.5 Å². The van der Waals surface area contributed by atoms with Crippen LogP contribution in [-0.2, 0) is 0 Å². The van der Waals surface area contributed by atoms with Gasteiger partial charge < -0.3 is 9.84 Å². The van der Waals surface area contributed by atoms with Gasteiger partial charge in [-0.05, 0) is 18.9 Å². The maximum atomic E-state index is 9.89. The number of ether oxygens (including phenoxy) is 1. The Balaban J connectivity index is 2.63. The predicted molar refractivity (Wildman–Crippen MR) is 61.2 cm³/mol. The molecule has 0 amide bonds. The minimum Gasteiger partial charge on any atom is -0.492 e. The summed E-state index contributed by atoms with van der Waals surface area (Å²) in [5.41, 5.74) is 0.506. The quantitative estimate of drug-likeness (QED) is 0.724. The minimum absolute atomic E-state index is 0.325. The molecule has 0 aliphatic carbocycles. The second-order valence-electron chi connectivity index (χ2n) is 3.40. The molecule has 0 saturated heterocycles. The van der Waals surface area contributed by atoms with Crippen molar-refractivity contribution >= 4 is 34.8 Å². The number of aliphatic hydroxyl groups is 1. The molecule has 1 atom stereocenters. The van der Waals surface area contributed by atoms with Crippen LogP contribution in [-0.4, -0.2) is 11.7 Å². The standard InChI is InChI=1S/C10H9Cl3O2/c11-5-4-6(12)10-8(9(5)13)7(14)2-1-3-15-10/h4,7,14H,1-3H2/t7-/m0/s1. The first-order valence-electron chi connectivity index (χ1n) is 4.59. The molecule has 0 spiro atoms. The lowest BCUT2D eigenvalue weighted by Gasteiger charge is -2.15. The minimum atomic E-state index is -0.661. The van der Waals surface area contributed by atoms with Crippen molar-refractivity contribution in [3.8, 4) is 5.75 Å². The first kappa shape index (κ1) is 11.3. The smallest absolute Gasteiger partial charge is 0.145 e. The van der Waals surface area contributed by atoms with Crippen LogP contribution in [0.15, 0.2) is 6.07 Å². The van der Waals surface area contributed by atoms with Gasteiger partial charge in [-0.3, -0.25) is 0 Å². The summed E-state index contributed by atoms with van der Waals surface area (Å²) >= 11 is 17.9. The fourth-order valence-electron chi connectivity index (χ4n) is 1.64. The molecule has 15 heavy (non-hydrogen) atoms. The molecular weight excluding hydrogens is 258 g/mol. The molecule has 82 valence electrons. The van der Waals surface area contributed by atoms with E-state index < -0.39 is 6.10 Å². The Morgan fingerprint density at radius 3 is 2.73 bits per heavy atom. The molecule has 0 bridgehead atoms. The SMILES string of the molecule is O[C@H]1CCCOc2c(Cl)cc(Cl)c(Cl)c21.